The van der Waals surface area contributed by atoms with E-state index in [1.807, 2.05) is 38.1 Å². The highest BCUT2D eigenvalue weighted by atomic mass is 16.3. The van der Waals surface area contributed by atoms with Gasteiger partial charge in [0.05, 0.1) is 11.7 Å². The lowest BCUT2D eigenvalue weighted by molar-refractivity contribution is 0.0869. The highest BCUT2D eigenvalue weighted by Gasteiger charge is 2.11. The van der Waals surface area contributed by atoms with Gasteiger partial charge in [-0.25, -0.2) is 4.98 Å². The predicted octanol–water partition coefficient (Wildman–Crippen LogP) is 2.65. The Morgan fingerprint density at radius 1 is 1.13 bits per heavy atom. The quantitative estimate of drug-likeness (QED) is 0.515. The summed E-state index contributed by atoms with van der Waals surface area (Å²) in [6, 6.07) is 14.9. The average molecular weight is 417 g/mol. The van der Waals surface area contributed by atoms with Crippen molar-refractivity contribution in [3.05, 3.63) is 71.4 Å². The van der Waals surface area contributed by atoms with Gasteiger partial charge in [-0.05, 0) is 37.4 Å². The molecule has 3 rings (SSSR count). The van der Waals surface area contributed by atoms with Crippen LogP contribution in [0.1, 0.15) is 35.3 Å². The molecule has 0 aliphatic carbocycles. The fraction of sp³-hybridized carbons (Fsp3) is 0.280. The van der Waals surface area contributed by atoms with Crippen LogP contribution in [0.2, 0.25) is 0 Å². The van der Waals surface area contributed by atoms with Gasteiger partial charge in [-0.3, -0.25) is 4.79 Å². The number of rotatable bonds is 7. The normalized spacial score (nSPS) is 11.7. The number of carbonyl (C=O) groups is 1. The molecule has 1 unspecified atom stereocenters. The summed E-state index contributed by atoms with van der Waals surface area (Å²) < 4.78 is 0. The van der Waals surface area contributed by atoms with Crippen molar-refractivity contribution in [1.82, 2.24) is 15.2 Å². The number of nitrogen functional groups attached to an aromatic ring is 1. The maximum Gasteiger partial charge on any atom is 0.251 e. The van der Waals surface area contributed by atoms with Gasteiger partial charge < -0.3 is 21.1 Å². The van der Waals surface area contributed by atoms with Crippen molar-refractivity contribution in [2.24, 2.45) is 0 Å². The molecule has 0 radical (unpaired) electrons. The Hall–Kier alpha value is -3.40. The number of nitrogens with two attached hydrogens (primary N) is 1. The number of aromatic nitrogens is 1. The number of carbonyl (C=O) groups excluding carboxylic acids is 1. The van der Waals surface area contributed by atoms with Gasteiger partial charge in [0, 0.05) is 41.2 Å². The third-order valence-corrected chi connectivity index (χ3v) is 5.17. The molecule has 0 saturated heterocycles. The van der Waals surface area contributed by atoms with Crippen LogP contribution >= 0.6 is 0 Å². The lowest BCUT2D eigenvalue weighted by atomic mass is 10.1. The van der Waals surface area contributed by atoms with Gasteiger partial charge in [-0.1, -0.05) is 50.0 Å². The topological polar surface area (TPSA) is 91.5 Å². The SMILES string of the molecule is CCN(CC)CC(O)CNC(=O)c1ccc(C#Cc2c(N)ncc3ccccc23)cc1. The third-order valence-electron chi connectivity index (χ3n) is 5.17. The summed E-state index contributed by atoms with van der Waals surface area (Å²) in [5, 5.41) is 14.8. The van der Waals surface area contributed by atoms with Crippen LogP contribution in [0.15, 0.2) is 54.7 Å². The minimum Gasteiger partial charge on any atom is -0.390 e. The summed E-state index contributed by atoms with van der Waals surface area (Å²) in [5.41, 5.74) is 8.02. The van der Waals surface area contributed by atoms with Gasteiger partial charge in [-0.2, -0.15) is 0 Å². The zero-order valence-electron chi connectivity index (χ0n) is 17.9. The Balaban J connectivity index is 1.65. The first-order chi connectivity index (χ1) is 15.0. The summed E-state index contributed by atoms with van der Waals surface area (Å²) >= 11 is 0. The summed E-state index contributed by atoms with van der Waals surface area (Å²) in [4.78, 5) is 18.7. The minimum atomic E-state index is -0.603. The van der Waals surface area contributed by atoms with Crippen molar-refractivity contribution in [3.8, 4) is 11.8 Å². The van der Waals surface area contributed by atoms with Crippen LogP contribution < -0.4 is 11.1 Å². The van der Waals surface area contributed by atoms with Gasteiger partial charge in [-0.15, -0.1) is 0 Å². The molecule has 3 aromatic rings. The molecule has 0 fully saturated rings. The number of aliphatic hydroxyl groups is 1. The molecule has 0 spiro atoms. The molecule has 1 aromatic heterocycles. The van der Waals surface area contributed by atoms with Gasteiger partial charge >= 0.3 is 0 Å². The molecule has 2 aromatic carbocycles. The lowest BCUT2D eigenvalue weighted by Gasteiger charge is -2.22. The van der Waals surface area contributed by atoms with E-state index in [1.54, 1.807) is 30.5 Å². The minimum absolute atomic E-state index is 0.213. The number of likely N-dealkylation sites (N-methyl/N-ethyl adjacent to an activating group) is 1. The zero-order chi connectivity index (χ0) is 22.2. The Morgan fingerprint density at radius 2 is 1.84 bits per heavy atom. The van der Waals surface area contributed by atoms with Crippen molar-refractivity contribution in [1.29, 1.82) is 0 Å². The molecule has 0 aliphatic heterocycles. The first kappa shape index (κ1) is 22.3. The number of nitrogens with zero attached hydrogens (tertiary/aromatic N) is 2. The smallest absolute Gasteiger partial charge is 0.251 e. The zero-order valence-corrected chi connectivity index (χ0v) is 17.9. The van der Waals surface area contributed by atoms with Crippen LogP contribution in [0, 0.1) is 11.8 Å². The number of aliphatic hydroxyl groups excluding tert-OH is 1. The molecule has 6 nitrogen and oxygen atoms in total. The number of fused-ring (bicyclic) bond motifs is 1. The second-order valence-corrected chi connectivity index (χ2v) is 7.28. The van der Waals surface area contributed by atoms with Crippen molar-refractivity contribution in [2.75, 3.05) is 31.9 Å². The third kappa shape index (κ3) is 5.82. The van der Waals surface area contributed by atoms with Crippen LogP contribution in [0.3, 0.4) is 0 Å². The number of hydrogen-bond donors (Lipinski definition) is 3. The standard InChI is InChI=1S/C25H28N4O2/c1-3-29(4-2)17-21(30)16-28-25(31)19-12-9-18(10-13-19)11-14-23-22-8-6-5-7-20(22)15-27-24(23)26/h5-10,12-13,15,21,30H,3-4,16-17H2,1-2H3,(H2,26,27)(H,28,31). The summed E-state index contributed by atoms with van der Waals surface area (Å²) in [5.74, 6) is 6.38. The molecule has 0 bridgehead atoms. The van der Waals surface area contributed by atoms with Crippen molar-refractivity contribution >= 4 is 22.5 Å². The molecule has 1 atom stereocenters. The highest BCUT2D eigenvalue weighted by molar-refractivity contribution is 5.94. The molecule has 1 amide bonds. The van der Waals surface area contributed by atoms with Gasteiger partial charge in [0.25, 0.3) is 5.91 Å². The molecule has 6 heteroatoms. The number of hydrogen-bond acceptors (Lipinski definition) is 5. The Bertz CT molecular complexity index is 1100. The van der Waals surface area contributed by atoms with E-state index in [9.17, 15) is 9.90 Å². The summed E-state index contributed by atoms with van der Waals surface area (Å²) in [6.45, 7) is 6.57. The molecular formula is C25H28N4O2. The molecule has 0 aliphatic rings. The van der Waals surface area contributed by atoms with E-state index in [2.05, 4.69) is 27.0 Å². The first-order valence-corrected chi connectivity index (χ1v) is 10.5. The lowest BCUT2D eigenvalue weighted by Crippen LogP contribution is -2.40. The van der Waals surface area contributed by atoms with Crippen LogP contribution in [0.4, 0.5) is 5.82 Å². The van der Waals surface area contributed by atoms with E-state index >= 15 is 0 Å². The fourth-order valence-electron chi connectivity index (χ4n) is 3.31. The Morgan fingerprint density at radius 3 is 2.55 bits per heavy atom. The van der Waals surface area contributed by atoms with E-state index in [0.717, 1.165) is 29.4 Å². The molecule has 0 saturated carbocycles. The number of amides is 1. The van der Waals surface area contributed by atoms with Gasteiger partial charge in [0.15, 0.2) is 0 Å². The predicted molar refractivity (Wildman–Crippen MR) is 125 cm³/mol. The second kappa shape index (κ2) is 10.6. The number of nitrogens with one attached hydrogen (secondary N) is 1. The average Bonchev–Trinajstić information content (AvgIpc) is 2.80. The molecule has 4 N–H and O–H groups in total. The first-order valence-electron chi connectivity index (χ1n) is 10.5. The summed E-state index contributed by atoms with van der Waals surface area (Å²) in [7, 11) is 0. The van der Waals surface area contributed by atoms with Crippen LogP contribution in [0.25, 0.3) is 10.8 Å². The van der Waals surface area contributed by atoms with Crippen molar-refractivity contribution in [3.63, 3.8) is 0 Å². The maximum absolute atomic E-state index is 12.4. The van der Waals surface area contributed by atoms with Crippen LogP contribution in [-0.2, 0) is 0 Å². The van der Waals surface area contributed by atoms with Gasteiger partial charge in [0.2, 0.25) is 0 Å². The van der Waals surface area contributed by atoms with E-state index in [-0.39, 0.29) is 12.5 Å². The molecule has 31 heavy (non-hydrogen) atoms. The highest BCUT2D eigenvalue weighted by Crippen LogP contribution is 2.21. The maximum atomic E-state index is 12.4. The Labute approximate surface area is 183 Å². The van der Waals surface area contributed by atoms with E-state index in [4.69, 9.17) is 5.73 Å². The summed E-state index contributed by atoms with van der Waals surface area (Å²) in [6.07, 6.45) is 1.14. The van der Waals surface area contributed by atoms with E-state index in [1.165, 1.54) is 0 Å². The molecular weight excluding hydrogens is 388 g/mol. The number of benzene rings is 2. The number of pyridine rings is 1. The van der Waals surface area contributed by atoms with E-state index in [0.29, 0.717) is 23.5 Å². The molecule has 160 valence electrons. The fourth-order valence-corrected chi connectivity index (χ4v) is 3.31. The van der Waals surface area contributed by atoms with Crippen LogP contribution in [0.5, 0.6) is 0 Å². The van der Waals surface area contributed by atoms with Gasteiger partial charge in [0.1, 0.15) is 5.82 Å². The van der Waals surface area contributed by atoms with Crippen molar-refractivity contribution < 1.29 is 9.90 Å². The largest absolute Gasteiger partial charge is 0.390 e. The monoisotopic (exact) mass is 416 g/mol. The van der Waals surface area contributed by atoms with E-state index < -0.39 is 6.10 Å². The number of anilines is 1. The molecule has 1 heterocycles. The van der Waals surface area contributed by atoms with Crippen LogP contribution in [-0.4, -0.2) is 53.2 Å². The van der Waals surface area contributed by atoms with Crippen molar-refractivity contribution in [2.45, 2.75) is 20.0 Å². The second-order valence-electron chi connectivity index (χ2n) is 7.28. The Kier molecular flexibility index (Phi) is 7.60.